The van der Waals surface area contributed by atoms with Gasteiger partial charge in [-0.25, -0.2) is 8.43 Å². The number of rotatable bonds is 9. The third-order valence-electron chi connectivity index (χ3n) is 3.35. The number of alkyl halides is 3. The van der Waals surface area contributed by atoms with Crippen molar-refractivity contribution in [2.24, 2.45) is 0 Å². The first-order valence-electron chi connectivity index (χ1n) is 7.43. The average molecular weight is 392 g/mol. The number of hydrogen-bond acceptors (Lipinski definition) is 7. The first kappa shape index (κ1) is 21.4. The van der Waals surface area contributed by atoms with Crippen LogP contribution < -0.4 is 4.13 Å². The van der Waals surface area contributed by atoms with Gasteiger partial charge in [0.05, 0.1) is 6.54 Å². The Balaban J connectivity index is 2.14. The number of piperazine rings is 1. The summed E-state index contributed by atoms with van der Waals surface area (Å²) < 4.78 is 40.3. The van der Waals surface area contributed by atoms with Crippen molar-refractivity contribution in [3.8, 4) is 0 Å². The predicted molar refractivity (Wildman–Crippen MR) is 94.2 cm³/mol. The van der Waals surface area contributed by atoms with Gasteiger partial charge in [-0.3, -0.25) is 9.69 Å². The molecule has 0 bridgehead atoms. The van der Waals surface area contributed by atoms with Gasteiger partial charge < -0.3 is 0 Å². The third kappa shape index (κ3) is 9.45. The molecule has 1 rings (SSSR count). The van der Waals surface area contributed by atoms with Crippen LogP contribution in [0.1, 0.15) is 27.2 Å². The van der Waals surface area contributed by atoms with Crippen molar-refractivity contribution in [2.75, 3.05) is 31.1 Å². The molecule has 136 valence electrons. The Labute approximate surface area is 149 Å². The maximum Gasteiger partial charge on any atom is 0.456 e. The molecule has 1 fully saturated rings. The summed E-state index contributed by atoms with van der Waals surface area (Å²) in [6, 6.07) is 0.656. The lowest BCUT2D eigenvalue weighted by atomic mass is 10.1. The summed E-state index contributed by atoms with van der Waals surface area (Å²) in [7, 11) is 0. The molecule has 1 aliphatic heterocycles. The normalized spacial score (nSPS) is 24.1. The molecule has 0 aromatic rings. The summed E-state index contributed by atoms with van der Waals surface area (Å²) >= 11 is 2.62. The fourth-order valence-electron chi connectivity index (χ4n) is 2.43. The summed E-state index contributed by atoms with van der Waals surface area (Å²) in [5.74, 6) is 1.72. The van der Waals surface area contributed by atoms with Crippen LogP contribution in [-0.4, -0.2) is 63.7 Å². The highest BCUT2D eigenvalue weighted by molar-refractivity contribution is 8.13. The van der Waals surface area contributed by atoms with Crippen LogP contribution in [0.3, 0.4) is 0 Å². The molecule has 0 radical (unpaired) electrons. The topological polar surface area (TPSA) is 35.6 Å². The van der Waals surface area contributed by atoms with Crippen LogP contribution in [0, 0.1) is 0 Å². The Morgan fingerprint density at radius 1 is 1.22 bits per heavy atom. The monoisotopic (exact) mass is 391 g/mol. The second kappa shape index (κ2) is 10.4. The Bertz CT molecular complexity index is 362. The Kier molecular flexibility index (Phi) is 9.69. The van der Waals surface area contributed by atoms with Gasteiger partial charge in [-0.05, 0) is 27.2 Å². The quantitative estimate of drug-likeness (QED) is 0.477. The molecule has 0 saturated carbocycles. The van der Waals surface area contributed by atoms with E-state index in [4.69, 9.17) is 0 Å². The molecule has 1 aliphatic rings. The first-order valence-corrected chi connectivity index (χ1v) is 10.2. The zero-order valence-electron chi connectivity index (χ0n) is 13.6. The van der Waals surface area contributed by atoms with Crippen molar-refractivity contribution in [3.63, 3.8) is 0 Å². The van der Waals surface area contributed by atoms with Gasteiger partial charge >= 0.3 is 5.51 Å². The average Bonchev–Trinajstić information content (AvgIpc) is 2.40. The Morgan fingerprint density at radius 2 is 1.83 bits per heavy atom. The van der Waals surface area contributed by atoms with E-state index in [1.54, 1.807) is 18.9 Å². The van der Waals surface area contributed by atoms with E-state index in [1.165, 1.54) is 0 Å². The number of nitrogens with zero attached hydrogens (tertiary/aromatic N) is 2. The number of halogens is 3. The molecule has 1 N–H and O–H groups in total. The number of Topliss-reactive ketones (excluding diaryl/α,β-unsaturated/α-hetero) is 1. The van der Waals surface area contributed by atoms with E-state index in [0.717, 1.165) is 37.2 Å². The number of carbonyl (C=O) groups is 1. The van der Waals surface area contributed by atoms with Gasteiger partial charge in [-0.15, -0.1) is 0 Å². The van der Waals surface area contributed by atoms with Crippen LogP contribution in [0.2, 0.25) is 0 Å². The molecule has 23 heavy (non-hydrogen) atoms. The van der Waals surface area contributed by atoms with Crippen molar-refractivity contribution in [3.05, 3.63) is 0 Å². The van der Waals surface area contributed by atoms with Crippen LogP contribution in [0.5, 0.6) is 0 Å². The van der Waals surface area contributed by atoms with E-state index in [1.807, 2.05) is 0 Å². The van der Waals surface area contributed by atoms with E-state index in [2.05, 4.69) is 27.2 Å². The molecule has 1 heterocycles. The van der Waals surface area contributed by atoms with Crippen LogP contribution in [0.4, 0.5) is 13.2 Å². The second-order valence-electron chi connectivity index (χ2n) is 5.59. The van der Waals surface area contributed by atoms with Crippen molar-refractivity contribution in [2.45, 2.75) is 44.8 Å². The SMILES string of the molecule is CC(=O)CN1C(C)CN(SCCCSNSC(F)(F)F)CC1C. The molecule has 1 saturated heterocycles. The highest BCUT2D eigenvalue weighted by Gasteiger charge is 2.30. The van der Waals surface area contributed by atoms with E-state index >= 15 is 0 Å². The fraction of sp³-hybridized carbons (Fsp3) is 0.923. The maximum atomic E-state index is 11.9. The number of nitrogens with one attached hydrogen (secondary N) is 1. The molecule has 0 aromatic heterocycles. The van der Waals surface area contributed by atoms with Gasteiger partial charge in [0.2, 0.25) is 0 Å². The van der Waals surface area contributed by atoms with Crippen LogP contribution in [0.25, 0.3) is 0 Å². The first-order chi connectivity index (χ1) is 10.7. The van der Waals surface area contributed by atoms with Gasteiger partial charge in [0.1, 0.15) is 5.78 Å². The summed E-state index contributed by atoms with van der Waals surface area (Å²) in [4.78, 5) is 13.5. The minimum Gasteiger partial charge on any atom is -0.299 e. The molecule has 0 aliphatic carbocycles. The van der Waals surface area contributed by atoms with E-state index < -0.39 is 5.51 Å². The molecule has 0 spiro atoms. The zero-order valence-corrected chi connectivity index (χ0v) is 16.0. The molecular weight excluding hydrogens is 367 g/mol. The zero-order chi connectivity index (χ0) is 17.5. The Hall–Kier alpha value is 0.390. The molecule has 2 unspecified atom stereocenters. The standard InChI is InChI=1S/C13H24F3N3OS3/c1-10-7-18(8-11(2)19(10)9-12(3)20)22-6-4-5-21-17-23-13(14,15)16/h10-11,17H,4-9H2,1-3H3. The number of hydrogen-bond donors (Lipinski definition) is 1. The van der Waals surface area contributed by atoms with E-state index in [9.17, 15) is 18.0 Å². The lowest BCUT2D eigenvalue weighted by Crippen LogP contribution is -2.55. The minimum atomic E-state index is -4.23. The summed E-state index contributed by atoms with van der Waals surface area (Å²) in [5.41, 5.74) is -4.23. The molecule has 10 heteroatoms. The van der Waals surface area contributed by atoms with Crippen molar-refractivity contribution < 1.29 is 18.0 Å². The summed E-state index contributed by atoms with van der Waals surface area (Å²) in [6.45, 7) is 8.17. The number of carbonyl (C=O) groups excluding carboxylic acids is 1. The molecule has 0 amide bonds. The van der Waals surface area contributed by atoms with E-state index in [0.29, 0.717) is 24.4 Å². The fourth-order valence-corrected chi connectivity index (χ4v) is 5.02. The van der Waals surface area contributed by atoms with Crippen molar-refractivity contribution in [1.29, 1.82) is 0 Å². The highest BCUT2D eigenvalue weighted by Crippen LogP contribution is 2.29. The van der Waals surface area contributed by atoms with Gasteiger partial charge in [-0.1, -0.05) is 23.9 Å². The highest BCUT2D eigenvalue weighted by atomic mass is 32.2. The van der Waals surface area contributed by atoms with Gasteiger partial charge in [0, 0.05) is 48.6 Å². The van der Waals surface area contributed by atoms with Crippen molar-refractivity contribution >= 4 is 41.6 Å². The van der Waals surface area contributed by atoms with Gasteiger partial charge in [0.15, 0.2) is 0 Å². The Morgan fingerprint density at radius 3 is 2.35 bits per heavy atom. The summed E-state index contributed by atoms with van der Waals surface area (Å²) in [5, 5.41) is 0. The van der Waals surface area contributed by atoms with E-state index in [-0.39, 0.29) is 17.7 Å². The third-order valence-corrected chi connectivity index (χ3v) is 6.02. The largest absolute Gasteiger partial charge is 0.456 e. The predicted octanol–water partition coefficient (Wildman–Crippen LogP) is 3.41. The number of ketones is 1. The van der Waals surface area contributed by atoms with Crippen LogP contribution in [-0.2, 0) is 4.79 Å². The van der Waals surface area contributed by atoms with Crippen LogP contribution in [0.15, 0.2) is 0 Å². The lowest BCUT2D eigenvalue weighted by Gasteiger charge is -2.43. The molecular formula is C13H24F3N3OS3. The molecule has 4 nitrogen and oxygen atoms in total. The maximum absolute atomic E-state index is 11.9. The minimum absolute atomic E-state index is 0.186. The van der Waals surface area contributed by atoms with Gasteiger partial charge in [0.25, 0.3) is 0 Å². The summed E-state index contributed by atoms with van der Waals surface area (Å²) in [6.07, 6.45) is 0.844. The van der Waals surface area contributed by atoms with Crippen LogP contribution >= 0.6 is 35.8 Å². The molecule has 0 aromatic carbocycles. The van der Waals surface area contributed by atoms with Crippen molar-refractivity contribution in [1.82, 2.24) is 13.3 Å². The molecule has 2 atom stereocenters. The smallest absolute Gasteiger partial charge is 0.299 e. The second-order valence-corrected chi connectivity index (χ2v) is 8.80. The van der Waals surface area contributed by atoms with Gasteiger partial charge in [-0.2, -0.15) is 13.2 Å². The lowest BCUT2D eigenvalue weighted by molar-refractivity contribution is -0.119.